The molecule has 16 heavy (non-hydrogen) atoms. The molecule has 0 saturated heterocycles. The van der Waals surface area contributed by atoms with E-state index in [4.69, 9.17) is 17.4 Å². The summed E-state index contributed by atoms with van der Waals surface area (Å²) >= 11 is 9.71. The standard InChI is InChI=1S/C12H16BrClN2/c13-9-5-6-11(14)10(7-9)12(16-15)8-3-1-2-4-8/h5-8,12,16H,1-4,15H2. The summed E-state index contributed by atoms with van der Waals surface area (Å²) in [5.74, 6) is 6.29. The zero-order valence-corrected chi connectivity index (χ0v) is 11.4. The van der Waals surface area contributed by atoms with Crippen LogP contribution in [0.5, 0.6) is 0 Å². The maximum absolute atomic E-state index is 6.23. The largest absolute Gasteiger partial charge is 0.271 e. The van der Waals surface area contributed by atoms with Crippen LogP contribution >= 0.6 is 27.5 Å². The highest BCUT2D eigenvalue weighted by atomic mass is 79.9. The van der Waals surface area contributed by atoms with E-state index in [2.05, 4.69) is 27.4 Å². The lowest BCUT2D eigenvalue weighted by molar-refractivity contribution is 0.373. The molecule has 1 aromatic carbocycles. The van der Waals surface area contributed by atoms with Gasteiger partial charge in [0.25, 0.3) is 0 Å². The van der Waals surface area contributed by atoms with Crippen LogP contribution in [-0.4, -0.2) is 0 Å². The Bertz CT molecular complexity index is 364. The lowest BCUT2D eigenvalue weighted by Gasteiger charge is -2.24. The van der Waals surface area contributed by atoms with Crippen molar-refractivity contribution in [1.29, 1.82) is 0 Å². The molecular weight excluding hydrogens is 288 g/mol. The van der Waals surface area contributed by atoms with Crippen LogP contribution in [0.1, 0.15) is 37.3 Å². The van der Waals surface area contributed by atoms with Gasteiger partial charge < -0.3 is 0 Å². The van der Waals surface area contributed by atoms with Crippen molar-refractivity contribution in [2.24, 2.45) is 11.8 Å². The summed E-state index contributed by atoms with van der Waals surface area (Å²) in [4.78, 5) is 0. The number of halogens is 2. The molecule has 0 heterocycles. The van der Waals surface area contributed by atoms with Crippen LogP contribution < -0.4 is 11.3 Å². The molecule has 1 saturated carbocycles. The lowest BCUT2D eigenvalue weighted by atomic mass is 9.92. The first-order valence-electron chi connectivity index (χ1n) is 5.63. The molecule has 2 nitrogen and oxygen atoms in total. The third kappa shape index (κ3) is 2.59. The molecule has 1 aliphatic carbocycles. The topological polar surface area (TPSA) is 38.0 Å². The van der Waals surface area contributed by atoms with E-state index in [1.165, 1.54) is 25.7 Å². The second-order valence-electron chi connectivity index (χ2n) is 4.35. The van der Waals surface area contributed by atoms with Gasteiger partial charge in [-0.1, -0.05) is 40.4 Å². The van der Waals surface area contributed by atoms with Gasteiger partial charge in [-0.25, -0.2) is 0 Å². The van der Waals surface area contributed by atoms with Crippen molar-refractivity contribution >= 4 is 27.5 Å². The number of hydrogen-bond donors (Lipinski definition) is 2. The average Bonchev–Trinajstić information content (AvgIpc) is 2.78. The highest BCUT2D eigenvalue weighted by Crippen LogP contribution is 2.38. The Balaban J connectivity index is 2.28. The number of nitrogens with two attached hydrogens (primary N) is 1. The van der Waals surface area contributed by atoms with Crippen molar-refractivity contribution in [2.75, 3.05) is 0 Å². The van der Waals surface area contributed by atoms with Crippen LogP contribution in [0, 0.1) is 5.92 Å². The second kappa shape index (κ2) is 5.50. The van der Waals surface area contributed by atoms with Crippen molar-refractivity contribution in [3.63, 3.8) is 0 Å². The maximum atomic E-state index is 6.23. The molecule has 1 atom stereocenters. The highest BCUT2D eigenvalue weighted by molar-refractivity contribution is 9.10. The number of benzene rings is 1. The molecule has 1 aliphatic rings. The predicted molar refractivity (Wildman–Crippen MR) is 71.2 cm³/mol. The van der Waals surface area contributed by atoms with E-state index in [9.17, 15) is 0 Å². The van der Waals surface area contributed by atoms with E-state index in [1.807, 2.05) is 12.1 Å². The van der Waals surface area contributed by atoms with Gasteiger partial charge in [0.05, 0.1) is 6.04 Å². The van der Waals surface area contributed by atoms with Crippen molar-refractivity contribution in [1.82, 2.24) is 5.43 Å². The predicted octanol–water partition coefficient (Wildman–Crippen LogP) is 3.80. The van der Waals surface area contributed by atoms with Gasteiger partial charge in [0.15, 0.2) is 0 Å². The smallest absolute Gasteiger partial charge is 0.0503 e. The van der Waals surface area contributed by atoms with E-state index >= 15 is 0 Å². The first kappa shape index (κ1) is 12.4. The number of rotatable bonds is 3. The van der Waals surface area contributed by atoms with E-state index in [0.717, 1.165) is 15.1 Å². The Morgan fingerprint density at radius 2 is 2.06 bits per heavy atom. The van der Waals surface area contributed by atoms with Gasteiger partial charge in [-0.3, -0.25) is 11.3 Å². The Kier molecular flexibility index (Phi) is 4.25. The average molecular weight is 304 g/mol. The second-order valence-corrected chi connectivity index (χ2v) is 5.68. The summed E-state index contributed by atoms with van der Waals surface area (Å²) in [6.07, 6.45) is 5.07. The Labute approximate surface area is 110 Å². The van der Waals surface area contributed by atoms with Crippen LogP contribution in [0.25, 0.3) is 0 Å². The summed E-state index contributed by atoms with van der Waals surface area (Å²) in [5.41, 5.74) is 4.03. The third-order valence-electron chi connectivity index (χ3n) is 3.34. The summed E-state index contributed by atoms with van der Waals surface area (Å²) in [6.45, 7) is 0. The fourth-order valence-electron chi connectivity index (χ4n) is 2.52. The third-order valence-corrected chi connectivity index (χ3v) is 4.18. The van der Waals surface area contributed by atoms with Crippen LogP contribution in [0.15, 0.2) is 22.7 Å². The molecule has 0 spiro atoms. The van der Waals surface area contributed by atoms with Gasteiger partial charge in [0, 0.05) is 9.50 Å². The van der Waals surface area contributed by atoms with Crippen molar-refractivity contribution in [3.8, 4) is 0 Å². The minimum absolute atomic E-state index is 0.174. The minimum atomic E-state index is 0.174. The van der Waals surface area contributed by atoms with Crippen LogP contribution in [0.4, 0.5) is 0 Å². The fourth-order valence-corrected chi connectivity index (χ4v) is 3.14. The molecule has 1 fully saturated rings. The van der Waals surface area contributed by atoms with Gasteiger partial charge >= 0.3 is 0 Å². The molecule has 1 aromatic rings. The molecule has 0 amide bonds. The quantitative estimate of drug-likeness (QED) is 0.658. The van der Waals surface area contributed by atoms with E-state index < -0.39 is 0 Å². The molecule has 4 heteroatoms. The molecule has 3 N–H and O–H groups in total. The SMILES string of the molecule is NNC(c1cc(Br)ccc1Cl)C1CCCC1. The molecule has 88 valence electrons. The Hall–Kier alpha value is -0.0900. The zero-order chi connectivity index (χ0) is 11.5. The van der Waals surface area contributed by atoms with E-state index in [1.54, 1.807) is 0 Å². The molecule has 0 aliphatic heterocycles. The summed E-state index contributed by atoms with van der Waals surface area (Å²) < 4.78 is 1.05. The van der Waals surface area contributed by atoms with Gasteiger partial charge in [-0.05, 0) is 42.5 Å². The van der Waals surface area contributed by atoms with Gasteiger partial charge in [-0.15, -0.1) is 0 Å². The molecule has 0 aromatic heterocycles. The van der Waals surface area contributed by atoms with Crippen LogP contribution in [0.2, 0.25) is 5.02 Å². The first-order valence-corrected chi connectivity index (χ1v) is 6.80. The molecule has 1 unspecified atom stereocenters. The van der Waals surface area contributed by atoms with Crippen LogP contribution in [0.3, 0.4) is 0 Å². The Morgan fingerprint density at radius 1 is 1.38 bits per heavy atom. The van der Waals surface area contributed by atoms with Crippen molar-refractivity contribution in [3.05, 3.63) is 33.3 Å². The van der Waals surface area contributed by atoms with Gasteiger partial charge in [-0.2, -0.15) is 0 Å². The molecule has 0 bridgehead atoms. The summed E-state index contributed by atoms with van der Waals surface area (Å²) in [6, 6.07) is 6.10. The normalized spacial score (nSPS) is 18.9. The first-order chi connectivity index (χ1) is 7.72. The van der Waals surface area contributed by atoms with Crippen molar-refractivity contribution in [2.45, 2.75) is 31.7 Å². The molecule has 2 rings (SSSR count). The van der Waals surface area contributed by atoms with Crippen LogP contribution in [-0.2, 0) is 0 Å². The zero-order valence-electron chi connectivity index (χ0n) is 9.05. The number of nitrogens with one attached hydrogen (secondary N) is 1. The van der Waals surface area contributed by atoms with E-state index in [-0.39, 0.29) is 6.04 Å². The molecule has 0 radical (unpaired) electrons. The van der Waals surface area contributed by atoms with Gasteiger partial charge in [0.2, 0.25) is 0 Å². The number of hydrazine groups is 1. The highest BCUT2D eigenvalue weighted by Gasteiger charge is 2.26. The van der Waals surface area contributed by atoms with Gasteiger partial charge in [0.1, 0.15) is 0 Å². The maximum Gasteiger partial charge on any atom is 0.0503 e. The summed E-state index contributed by atoms with van der Waals surface area (Å²) in [7, 11) is 0. The summed E-state index contributed by atoms with van der Waals surface area (Å²) in [5, 5.41) is 0.790. The number of hydrogen-bond acceptors (Lipinski definition) is 2. The van der Waals surface area contributed by atoms with E-state index in [0.29, 0.717) is 5.92 Å². The Morgan fingerprint density at radius 3 is 2.69 bits per heavy atom. The fraction of sp³-hybridized carbons (Fsp3) is 0.500. The monoisotopic (exact) mass is 302 g/mol. The molecular formula is C12H16BrClN2. The van der Waals surface area contributed by atoms with Crippen molar-refractivity contribution < 1.29 is 0 Å². The minimum Gasteiger partial charge on any atom is -0.271 e. The lowest BCUT2D eigenvalue weighted by Crippen LogP contribution is -2.32.